The van der Waals surface area contributed by atoms with Crippen LogP contribution in [0.3, 0.4) is 0 Å². The standard InChI is InChI=1S/C24H28N2O5/c1-13(2)31-24(29)20-15-11-16(19(20)14-7-5-4-6-8-14)17(12-15)26-23(28)21-22(27)18(30-3)9-10-25-21/h4-10,13,15-17,19-20,27H,11-12H2,1-3H3,(H,26,28)/t15?,16?,17?,19-,20-/m1/s1. The Bertz CT molecular complexity index is 962. The number of rotatable bonds is 6. The van der Waals surface area contributed by atoms with Gasteiger partial charge in [0.15, 0.2) is 17.2 Å². The molecule has 7 nitrogen and oxygen atoms in total. The van der Waals surface area contributed by atoms with Crippen molar-refractivity contribution < 1.29 is 24.2 Å². The number of nitrogens with one attached hydrogen (secondary N) is 1. The van der Waals surface area contributed by atoms with E-state index in [1.54, 1.807) is 0 Å². The first-order valence-electron chi connectivity index (χ1n) is 10.7. The maximum Gasteiger partial charge on any atom is 0.310 e. The monoisotopic (exact) mass is 424 g/mol. The van der Waals surface area contributed by atoms with Crippen LogP contribution in [0, 0.1) is 17.8 Å². The van der Waals surface area contributed by atoms with E-state index in [1.165, 1.54) is 19.4 Å². The van der Waals surface area contributed by atoms with Gasteiger partial charge in [0.25, 0.3) is 5.91 Å². The second-order valence-corrected chi connectivity index (χ2v) is 8.63. The maximum absolute atomic E-state index is 12.9. The molecule has 31 heavy (non-hydrogen) atoms. The Morgan fingerprint density at radius 3 is 2.58 bits per heavy atom. The maximum atomic E-state index is 12.9. The lowest BCUT2D eigenvalue weighted by molar-refractivity contribution is -0.155. The van der Waals surface area contributed by atoms with Gasteiger partial charge in [-0.15, -0.1) is 0 Å². The molecule has 164 valence electrons. The van der Waals surface area contributed by atoms with Gasteiger partial charge in [-0.25, -0.2) is 4.98 Å². The first-order chi connectivity index (χ1) is 14.9. The van der Waals surface area contributed by atoms with Crippen molar-refractivity contribution in [2.45, 2.75) is 44.8 Å². The van der Waals surface area contributed by atoms with E-state index in [1.807, 2.05) is 44.2 Å². The van der Waals surface area contributed by atoms with Crippen molar-refractivity contribution in [2.24, 2.45) is 17.8 Å². The molecule has 0 spiro atoms. The zero-order chi connectivity index (χ0) is 22.1. The third-order valence-corrected chi connectivity index (χ3v) is 6.45. The van der Waals surface area contributed by atoms with Crippen molar-refractivity contribution in [3.63, 3.8) is 0 Å². The Balaban J connectivity index is 1.58. The van der Waals surface area contributed by atoms with Gasteiger partial charge < -0.3 is 19.9 Å². The third-order valence-electron chi connectivity index (χ3n) is 6.45. The first-order valence-corrected chi connectivity index (χ1v) is 10.7. The van der Waals surface area contributed by atoms with Crippen LogP contribution in [0.15, 0.2) is 42.6 Å². The summed E-state index contributed by atoms with van der Waals surface area (Å²) in [6.07, 6.45) is 2.81. The Kier molecular flexibility index (Phi) is 5.85. The molecular weight excluding hydrogens is 396 g/mol. The fraction of sp³-hybridized carbons (Fsp3) is 0.458. The van der Waals surface area contributed by atoms with E-state index in [4.69, 9.17) is 9.47 Å². The van der Waals surface area contributed by atoms with Crippen LogP contribution in [0.5, 0.6) is 11.5 Å². The van der Waals surface area contributed by atoms with Crippen molar-refractivity contribution in [3.05, 3.63) is 53.9 Å². The minimum Gasteiger partial charge on any atom is -0.503 e. The number of aromatic hydroxyl groups is 1. The van der Waals surface area contributed by atoms with Gasteiger partial charge >= 0.3 is 5.97 Å². The molecule has 1 aromatic carbocycles. The molecular formula is C24H28N2O5. The molecule has 2 bridgehead atoms. The smallest absolute Gasteiger partial charge is 0.310 e. The van der Waals surface area contributed by atoms with Crippen LogP contribution in [0.2, 0.25) is 0 Å². The lowest BCUT2D eigenvalue weighted by Gasteiger charge is -2.35. The molecule has 7 heteroatoms. The van der Waals surface area contributed by atoms with Gasteiger partial charge in [0.2, 0.25) is 0 Å². The summed E-state index contributed by atoms with van der Waals surface area (Å²) in [7, 11) is 1.42. The van der Waals surface area contributed by atoms with Crippen LogP contribution in [0.1, 0.15) is 48.7 Å². The molecule has 1 amide bonds. The number of hydrogen-bond donors (Lipinski definition) is 2. The van der Waals surface area contributed by atoms with Crippen molar-refractivity contribution in [2.75, 3.05) is 7.11 Å². The lowest BCUT2D eigenvalue weighted by atomic mass is 9.73. The van der Waals surface area contributed by atoms with E-state index in [0.29, 0.717) is 6.42 Å². The normalized spacial score (nSPS) is 26.6. The molecule has 2 aliphatic carbocycles. The van der Waals surface area contributed by atoms with E-state index in [2.05, 4.69) is 10.3 Å². The van der Waals surface area contributed by atoms with Crippen LogP contribution in [0.4, 0.5) is 0 Å². The fourth-order valence-corrected chi connectivity index (χ4v) is 5.31. The van der Waals surface area contributed by atoms with Gasteiger partial charge in [-0.2, -0.15) is 0 Å². The number of pyridine rings is 1. The predicted octanol–water partition coefficient (Wildman–Crippen LogP) is 3.29. The van der Waals surface area contributed by atoms with E-state index in [-0.39, 0.29) is 59.0 Å². The number of benzene rings is 1. The topological polar surface area (TPSA) is 97.8 Å². The minimum atomic E-state index is -0.443. The number of amides is 1. The molecule has 2 fully saturated rings. The number of esters is 1. The van der Waals surface area contributed by atoms with Gasteiger partial charge in [0.05, 0.1) is 19.1 Å². The van der Waals surface area contributed by atoms with Crippen LogP contribution in [0.25, 0.3) is 0 Å². The molecule has 1 aromatic heterocycles. The van der Waals surface area contributed by atoms with Crippen molar-refractivity contribution in [3.8, 4) is 11.5 Å². The summed E-state index contributed by atoms with van der Waals surface area (Å²) < 4.78 is 10.7. The predicted molar refractivity (Wildman–Crippen MR) is 114 cm³/mol. The molecule has 0 radical (unpaired) electrons. The van der Waals surface area contributed by atoms with Crippen LogP contribution in [-0.2, 0) is 9.53 Å². The molecule has 2 aromatic rings. The van der Waals surface area contributed by atoms with Crippen LogP contribution < -0.4 is 10.1 Å². The summed E-state index contributed by atoms with van der Waals surface area (Å²) in [6, 6.07) is 11.4. The number of carbonyl (C=O) groups excluding carboxylic acids is 2. The van der Waals surface area contributed by atoms with Crippen LogP contribution in [-0.4, -0.2) is 41.2 Å². The van der Waals surface area contributed by atoms with E-state index >= 15 is 0 Å². The third kappa shape index (κ3) is 3.96. The zero-order valence-electron chi connectivity index (χ0n) is 17.9. The highest BCUT2D eigenvalue weighted by Gasteiger charge is 2.56. The quantitative estimate of drug-likeness (QED) is 0.691. The van der Waals surface area contributed by atoms with Gasteiger partial charge in [0, 0.05) is 24.2 Å². The fourth-order valence-electron chi connectivity index (χ4n) is 5.31. The molecule has 4 rings (SSSR count). The molecule has 5 atom stereocenters. The number of fused-ring (bicyclic) bond motifs is 2. The summed E-state index contributed by atoms with van der Waals surface area (Å²) in [5.74, 6) is -0.673. The largest absolute Gasteiger partial charge is 0.503 e. The van der Waals surface area contributed by atoms with Crippen molar-refractivity contribution >= 4 is 11.9 Å². The molecule has 1 heterocycles. The molecule has 2 N–H and O–H groups in total. The lowest BCUT2D eigenvalue weighted by Crippen LogP contribution is -2.45. The summed E-state index contributed by atoms with van der Waals surface area (Å²) in [5, 5.41) is 13.3. The Labute approximate surface area is 181 Å². The van der Waals surface area contributed by atoms with Gasteiger partial charge in [-0.1, -0.05) is 30.3 Å². The summed E-state index contributed by atoms with van der Waals surface area (Å²) in [6.45, 7) is 3.72. The average Bonchev–Trinajstić information content (AvgIpc) is 3.32. The van der Waals surface area contributed by atoms with Crippen LogP contribution >= 0.6 is 0 Å². The van der Waals surface area contributed by atoms with Gasteiger partial charge in [-0.05, 0) is 44.1 Å². The van der Waals surface area contributed by atoms with Gasteiger partial charge in [0.1, 0.15) is 0 Å². The Morgan fingerprint density at radius 1 is 1.16 bits per heavy atom. The highest BCUT2D eigenvalue weighted by molar-refractivity contribution is 5.95. The number of methoxy groups -OCH3 is 1. The highest BCUT2D eigenvalue weighted by atomic mass is 16.5. The first kappa shape index (κ1) is 21.2. The van der Waals surface area contributed by atoms with Crippen molar-refractivity contribution in [1.29, 1.82) is 0 Å². The van der Waals surface area contributed by atoms with E-state index < -0.39 is 5.91 Å². The zero-order valence-corrected chi connectivity index (χ0v) is 17.9. The number of aromatic nitrogens is 1. The number of hydrogen-bond acceptors (Lipinski definition) is 6. The average molecular weight is 424 g/mol. The van der Waals surface area contributed by atoms with E-state index in [9.17, 15) is 14.7 Å². The Hall–Kier alpha value is -3.09. The molecule has 2 saturated carbocycles. The number of carbonyl (C=O) groups is 2. The second-order valence-electron chi connectivity index (χ2n) is 8.63. The molecule has 0 aliphatic heterocycles. The molecule has 2 aliphatic rings. The highest BCUT2D eigenvalue weighted by Crippen LogP contribution is 2.57. The SMILES string of the molecule is COc1ccnc(C(=O)NC2CC3CC2[C@@H](c2ccccc2)[C@@H]3C(=O)OC(C)C)c1O. The van der Waals surface area contributed by atoms with E-state index in [0.717, 1.165) is 12.0 Å². The number of nitrogens with zero attached hydrogens (tertiary/aromatic N) is 1. The summed E-state index contributed by atoms with van der Waals surface area (Å²) >= 11 is 0. The minimum absolute atomic E-state index is 0.0247. The summed E-state index contributed by atoms with van der Waals surface area (Å²) in [4.78, 5) is 29.8. The molecule has 0 saturated heterocycles. The Morgan fingerprint density at radius 2 is 1.90 bits per heavy atom. The second kappa shape index (κ2) is 8.57. The molecule has 3 unspecified atom stereocenters. The number of ether oxygens (including phenoxy) is 2. The summed E-state index contributed by atoms with van der Waals surface area (Å²) in [5.41, 5.74) is 1.02. The van der Waals surface area contributed by atoms with Gasteiger partial charge in [-0.3, -0.25) is 9.59 Å². The van der Waals surface area contributed by atoms with Crippen molar-refractivity contribution in [1.82, 2.24) is 10.3 Å².